The smallest absolute Gasteiger partial charge is 0.243 e. The largest absolute Gasteiger partial charge is 0.339 e. The SMILES string of the molecule is CC(C)N(C(=O)Cn1c(SCC(=O)N2CCCC[C@@H]2C)nc2ccccc21)C(C)C. The number of rotatable bonds is 7. The van der Waals surface area contributed by atoms with Gasteiger partial charge in [-0.05, 0) is 66.0 Å². The Morgan fingerprint density at radius 3 is 2.53 bits per heavy atom. The van der Waals surface area contributed by atoms with Crippen LogP contribution in [-0.2, 0) is 16.1 Å². The molecule has 164 valence electrons. The highest BCUT2D eigenvalue weighted by Gasteiger charge is 2.25. The summed E-state index contributed by atoms with van der Waals surface area (Å²) in [7, 11) is 0. The molecule has 0 radical (unpaired) electrons. The first-order chi connectivity index (χ1) is 14.3. The number of benzene rings is 1. The molecule has 0 saturated carbocycles. The van der Waals surface area contributed by atoms with Crippen molar-refractivity contribution in [1.82, 2.24) is 19.4 Å². The van der Waals surface area contributed by atoms with E-state index in [1.165, 1.54) is 18.2 Å². The summed E-state index contributed by atoms with van der Waals surface area (Å²) in [6, 6.07) is 8.42. The standard InChI is InChI=1S/C23H34N4O2S/c1-16(2)27(17(3)4)21(28)14-26-20-12-7-6-11-19(20)24-23(26)30-15-22(29)25-13-9-8-10-18(25)5/h6-7,11-12,16-18H,8-10,13-15H2,1-5H3/t18-/m0/s1. The van der Waals surface area contributed by atoms with Crippen LogP contribution in [0, 0.1) is 0 Å². The molecule has 1 fully saturated rings. The molecule has 3 rings (SSSR count). The maximum atomic E-state index is 13.1. The number of piperidine rings is 1. The number of carbonyl (C=O) groups excluding carboxylic acids is 2. The van der Waals surface area contributed by atoms with E-state index in [-0.39, 0.29) is 30.4 Å². The topological polar surface area (TPSA) is 58.4 Å². The van der Waals surface area contributed by atoms with Gasteiger partial charge in [-0.25, -0.2) is 4.98 Å². The van der Waals surface area contributed by atoms with Crippen LogP contribution in [-0.4, -0.2) is 61.6 Å². The van der Waals surface area contributed by atoms with Crippen LogP contribution in [0.5, 0.6) is 0 Å². The normalized spacial score (nSPS) is 17.2. The first kappa shape index (κ1) is 22.7. The molecule has 0 N–H and O–H groups in total. The highest BCUT2D eigenvalue weighted by atomic mass is 32.2. The number of nitrogens with zero attached hydrogens (tertiary/aromatic N) is 4. The van der Waals surface area contributed by atoms with Crippen LogP contribution in [0.2, 0.25) is 0 Å². The van der Waals surface area contributed by atoms with Crippen molar-refractivity contribution in [2.24, 2.45) is 0 Å². The van der Waals surface area contributed by atoms with E-state index in [0.717, 1.165) is 35.6 Å². The van der Waals surface area contributed by atoms with Crippen molar-refractivity contribution < 1.29 is 9.59 Å². The Balaban J connectivity index is 1.81. The Bertz CT molecular complexity index is 884. The fraction of sp³-hybridized carbons (Fsp3) is 0.609. The number of likely N-dealkylation sites (tertiary alicyclic amines) is 1. The number of carbonyl (C=O) groups is 2. The van der Waals surface area contributed by atoms with Crippen LogP contribution >= 0.6 is 11.8 Å². The molecule has 2 heterocycles. The third kappa shape index (κ3) is 4.99. The van der Waals surface area contributed by atoms with Gasteiger partial charge in [0.25, 0.3) is 0 Å². The van der Waals surface area contributed by atoms with Crippen LogP contribution < -0.4 is 0 Å². The highest BCUT2D eigenvalue weighted by Crippen LogP contribution is 2.26. The first-order valence-electron chi connectivity index (χ1n) is 11.0. The van der Waals surface area contributed by atoms with Gasteiger partial charge in [-0.3, -0.25) is 9.59 Å². The maximum Gasteiger partial charge on any atom is 0.243 e. The van der Waals surface area contributed by atoms with Gasteiger partial charge in [-0.15, -0.1) is 0 Å². The molecule has 6 nitrogen and oxygen atoms in total. The van der Waals surface area contributed by atoms with Gasteiger partial charge in [0.15, 0.2) is 5.16 Å². The molecule has 0 bridgehead atoms. The van der Waals surface area contributed by atoms with Gasteiger partial charge in [0, 0.05) is 24.7 Å². The number of aromatic nitrogens is 2. The minimum absolute atomic E-state index is 0.0704. The number of fused-ring (bicyclic) bond motifs is 1. The molecule has 1 aliphatic heterocycles. The fourth-order valence-electron chi connectivity index (χ4n) is 4.38. The van der Waals surface area contributed by atoms with E-state index in [9.17, 15) is 9.59 Å². The van der Waals surface area contributed by atoms with Gasteiger partial charge in [-0.1, -0.05) is 23.9 Å². The monoisotopic (exact) mass is 430 g/mol. The molecule has 0 aliphatic carbocycles. The van der Waals surface area contributed by atoms with Crippen molar-refractivity contribution in [1.29, 1.82) is 0 Å². The second kappa shape index (κ2) is 9.86. The molecular weight excluding hydrogens is 396 g/mol. The lowest BCUT2D eigenvalue weighted by Crippen LogP contribution is -2.44. The average Bonchev–Trinajstić information content (AvgIpc) is 3.03. The van der Waals surface area contributed by atoms with Crippen molar-refractivity contribution >= 4 is 34.6 Å². The molecule has 7 heteroatoms. The second-order valence-corrected chi connectivity index (χ2v) is 9.62. The molecule has 1 atom stereocenters. The van der Waals surface area contributed by atoms with Gasteiger partial charge in [0.1, 0.15) is 6.54 Å². The summed E-state index contributed by atoms with van der Waals surface area (Å²) in [5, 5.41) is 0.732. The number of amides is 2. The lowest BCUT2D eigenvalue weighted by molar-refractivity contribution is -0.135. The molecule has 1 aromatic carbocycles. The predicted octanol–water partition coefficient (Wildman–Crippen LogP) is 4.17. The third-order valence-corrected chi connectivity index (χ3v) is 6.72. The van der Waals surface area contributed by atoms with E-state index in [2.05, 4.69) is 6.92 Å². The van der Waals surface area contributed by atoms with Crippen molar-refractivity contribution in [2.45, 2.75) is 83.7 Å². The summed E-state index contributed by atoms with van der Waals surface area (Å²) in [5.41, 5.74) is 1.78. The maximum absolute atomic E-state index is 13.1. The molecule has 2 amide bonds. The third-order valence-electron chi connectivity index (χ3n) is 5.76. The summed E-state index contributed by atoms with van der Waals surface area (Å²) < 4.78 is 1.97. The Kier molecular flexibility index (Phi) is 7.45. The summed E-state index contributed by atoms with van der Waals surface area (Å²) >= 11 is 1.44. The number of thioether (sulfide) groups is 1. The van der Waals surface area contributed by atoms with E-state index in [1.54, 1.807) is 0 Å². The van der Waals surface area contributed by atoms with E-state index < -0.39 is 0 Å². The van der Waals surface area contributed by atoms with Crippen molar-refractivity contribution in [2.75, 3.05) is 12.3 Å². The summed E-state index contributed by atoms with van der Waals surface area (Å²) in [4.78, 5) is 34.6. The number of hydrogen-bond donors (Lipinski definition) is 0. The first-order valence-corrected chi connectivity index (χ1v) is 12.0. The van der Waals surface area contributed by atoms with E-state index in [4.69, 9.17) is 4.98 Å². The van der Waals surface area contributed by atoms with Gasteiger partial charge in [0.05, 0.1) is 16.8 Å². The second-order valence-electron chi connectivity index (χ2n) is 8.68. The quantitative estimate of drug-likeness (QED) is 0.619. The van der Waals surface area contributed by atoms with E-state index >= 15 is 0 Å². The highest BCUT2D eigenvalue weighted by molar-refractivity contribution is 7.99. The van der Waals surface area contributed by atoms with E-state index in [0.29, 0.717) is 11.8 Å². The molecule has 1 aromatic heterocycles. The van der Waals surface area contributed by atoms with Crippen LogP contribution in [0.15, 0.2) is 29.4 Å². The zero-order chi connectivity index (χ0) is 21.8. The minimum atomic E-state index is 0.0704. The summed E-state index contributed by atoms with van der Waals surface area (Å²) in [5.74, 6) is 0.573. The van der Waals surface area contributed by atoms with Gasteiger partial charge in [-0.2, -0.15) is 0 Å². The lowest BCUT2D eigenvalue weighted by atomic mass is 10.0. The Morgan fingerprint density at radius 1 is 1.17 bits per heavy atom. The van der Waals surface area contributed by atoms with E-state index in [1.807, 2.05) is 66.3 Å². The Hall–Kier alpha value is -2.02. The van der Waals surface area contributed by atoms with Gasteiger partial charge in [0.2, 0.25) is 11.8 Å². The predicted molar refractivity (Wildman–Crippen MR) is 123 cm³/mol. The zero-order valence-electron chi connectivity index (χ0n) is 18.8. The molecule has 1 saturated heterocycles. The molecule has 2 aromatic rings. The minimum Gasteiger partial charge on any atom is -0.339 e. The molecule has 0 spiro atoms. The fourth-order valence-corrected chi connectivity index (χ4v) is 5.28. The molecule has 1 aliphatic rings. The van der Waals surface area contributed by atoms with Crippen molar-refractivity contribution in [3.05, 3.63) is 24.3 Å². The van der Waals surface area contributed by atoms with Crippen LogP contribution in [0.3, 0.4) is 0 Å². The number of imidazole rings is 1. The van der Waals surface area contributed by atoms with Gasteiger partial charge >= 0.3 is 0 Å². The zero-order valence-corrected chi connectivity index (χ0v) is 19.6. The van der Waals surface area contributed by atoms with Crippen LogP contribution in [0.4, 0.5) is 0 Å². The molecular formula is C23H34N4O2S. The van der Waals surface area contributed by atoms with Crippen molar-refractivity contribution in [3.8, 4) is 0 Å². The van der Waals surface area contributed by atoms with Crippen molar-refractivity contribution in [3.63, 3.8) is 0 Å². The Morgan fingerprint density at radius 2 is 1.87 bits per heavy atom. The van der Waals surface area contributed by atoms with Crippen LogP contribution in [0.25, 0.3) is 11.0 Å². The molecule has 0 unspecified atom stereocenters. The van der Waals surface area contributed by atoms with Gasteiger partial charge < -0.3 is 14.4 Å². The average molecular weight is 431 g/mol. The summed E-state index contributed by atoms with van der Waals surface area (Å²) in [6.45, 7) is 11.4. The lowest BCUT2D eigenvalue weighted by Gasteiger charge is -2.33. The number of para-hydroxylation sites is 2. The Labute approximate surface area is 184 Å². The molecule has 30 heavy (non-hydrogen) atoms. The number of hydrogen-bond acceptors (Lipinski definition) is 4. The van der Waals surface area contributed by atoms with Crippen LogP contribution in [0.1, 0.15) is 53.9 Å². The summed E-state index contributed by atoms with van der Waals surface area (Å²) in [6.07, 6.45) is 3.34.